The molecule has 5 heteroatoms. The molecule has 4 nitrogen and oxygen atoms in total. The van der Waals surface area contributed by atoms with Gasteiger partial charge in [0.15, 0.2) is 0 Å². The summed E-state index contributed by atoms with van der Waals surface area (Å²) in [5.41, 5.74) is 2.48. The molecule has 1 aromatic rings. The Morgan fingerprint density at radius 1 is 1.38 bits per heavy atom. The van der Waals surface area contributed by atoms with E-state index in [2.05, 4.69) is 42.3 Å². The lowest BCUT2D eigenvalue weighted by Crippen LogP contribution is -2.38. The second-order valence-electron chi connectivity index (χ2n) is 5.59. The second-order valence-corrected chi connectivity index (χ2v) is 6.29. The lowest BCUT2D eigenvalue weighted by atomic mass is 10.1. The summed E-state index contributed by atoms with van der Waals surface area (Å²) in [6.07, 6.45) is 2.31. The van der Waals surface area contributed by atoms with Gasteiger partial charge in [-0.25, -0.2) is 0 Å². The van der Waals surface area contributed by atoms with Crippen molar-refractivity contribution in [1.29, 1.82) is 0 Å². The van der Waals surface area contributed by atoms with Gasteiger partial charge >= 0.3 is 0 Å². The molecule has 1 aliphatic rings. The molecular weight excluding hydrogens is 282 g/mol. The standard InChI is InChI=1S/C16H27N3OS/c1-3-14(6-7-19-8-10-20-11-9-19)18-16-5-4-15(21-17)12-13(16)2/h4-5,12,14,18H,3,6-11,17H2,1-2H3/t14-/m0/s1. The van der Waals surface area contributed by atoms with Crippen molar-refractivity contribution in [2.24, 2.45) is 5.14 Å². The first-order chi connectivity index (χ1) is 10.2. The van der Waals surface area contributed by atoms with Crippen LogP contribution < -0.4 is 10.5 Å². The van der Waals surface area contributed by atoms with Crippen LogP contribution in [0.3, 0.4) is 0 Å². The fraction of sp³-hybridized carbons (Fsp3) is 0.625. The lowest BCUT2D eigenvalue weighted by molar-refractivity contribution is 0.0368. The van der Waals surface area contributed by atoms with Crippen molar-refractivity contribution in [2.75, 3.05) is 38.2 Å². The number of nitrogens with zero attached hydrogens (tertiary/aromatic N) is 1. The zero-order valence-corrected chi connectivity index (χ0v) is 13.9. The molecule has 0 aromatic heterocycles. The summed E-state index contributed by atoms with van der Waals surface area (Å²) in [4.78, 5) is 3.61. The quantitative estimate of drug-likeness (QED) is 0.759. The summed E-state index contributed by atoms with van der Waals surface area (Å²) < 4.78 is 5.40. The van der Waals surface area contributed by atoms with E-state index in [4.69, 9.17) is 9.88 Å². The average molecular weight is 309 g/mol. The van der Waals surface area contributed by atoms with Crippen molar-refractivity contribution in [3.63, 3.8) is 0 Å². The maximum absolute atomic E-state index is 5.61. The van der Waals surface area contributed by atoms with Gasteiger partial charge in [0, 0.05) is 36.3 Å². The molecule has 0 amide bonds. The summed E-state index contributed by atoms with van der Waals surface area (Å²) in [5.74, 6) is 0. The molecule has 0 saturated carbocycles. The predicted octanol–water partition coefficient (Wildman–Crippen LogP) is 2.87. The summed E-state index contributed by atoms with van der Waals surface area (Å²) in [6, 6.07) is 6.88. The van der Waals surface area contributed by atoms with Gasteiger partial charge in [-0.1, -0.05) is 6.92 Å². The minimum absolute atomic E-state index is 0.517. The third-order valence-corrected chi connectivity index (χ3v) is 4.61. The summed E-state index contributed by atoms with van der Waals surface area (Å²) in [6.45, 7) is 9.41. The highest BCUT2D eigenvalue weighted by atomic mass is 32.2. The van der Waals surface area contributed by atoms with Crippen molar-refractivity contribution < 1.29 is 4.74 Å². The van der Waals surface area contributed by atoms with E-state index in [1.807, 2.05) is 0 Å². The van der Waals surface area contributed by atoms with Crippen molar-refractivity contribution in [3.05, 3.63) is 23.8 Å². The second kappa shape index (κ2) is 8.63. The maximum atomic E-state index is 5.61. The van der Waals surface area contributed by atoms with E-state index >= 15 is 0 Å². The highest BCUT2D eigenvalue weighted by Crippen LogP contribution is 2.22. The minimum Gasteiger partial charge on any atom is -0.382 e. The predicted molar refractivity (Wildman–Crippen MR) is 90.8 cm³/mol. The molecule has 1 atom stereocenters. The summed E-state index contributed by atoms with van der Waals surface area (Å²) in [7, 11) is 0. The van der Waals surface area contributed by atoms with Gasteiger partial charge in [-0.15, -0.1) is 0 Å². The van der Waals surface area contributed by atoms with Crippen LogP contribution in [0.2, 0.25) is 0 Å². The Morgan fingerprint density at radius 2 is 2.14 bits per heavy atom. The first-order valence-corrected chi connectivity index (χ1v) is 8.65. The summed E-state index contributed by atoms with van der Waals surface area (Å²) in [5, 5.41) is 9.29. The largest absolute Gasteiger partial charge is 0.382 e. The third-order valence-electron chi connectivity index (χ3n) is 4.08. The smallest absolute Gasteiger partial charge is 0.0594 e. The Kier molecular flexibility index (Phi) is 6.83. The SMILES string of the molecule is CC[C@@H](CCN1CCOCC1)Nc1ccc(SN)cc1C. The molecule has 1 fully saturated rings. The minimum atomic E-state index is 0.517. The van der Waals surface area contributed by atoms with Crippen LogP contribution >= 0.6 is 11.9 Å². The van der Waals surface area contributed by atoms with Crippen LogP contribution in [0, 0.1) is 6.92 Å². The topological polar surface area (TPSA) is 50.5 Å². The molecule has 1 aliphatic heterocycles. The number of anilines is 1. The van der Waals surface area contributed by atoms with E-state index in [0.29, 0.717) is 6.04 Å². The molecule has 1 saturated heterocycles. The van der Waals surface area contributed by atoms with Crippen LogP contribution in [0.4, 0.5) is 5.69 Å². The van der Waals surface area contributed by atoms with Gasteiger partial charge in [0.05, 0.1) is 13.2 Å². The van der Waals surface area contributed by atoms with Crippen molar-refractivity contribution in [1.82, 2.24) is 4.90 Å². The number of morpholine rings is 1. The first-order valence-electron chi connectivity index (χ1n) is 7.77. The molecule has 0 bridgehead atoms. The number of rotatable bonds is 7. The monoisotopic (exact) mass is 309 g/mol. The number of aryl methyl sites for hydroxylation is 1. The van der Waals surface area contributed by atoms with Gasteiger partial charge in [0.25, 0.3) is 0 Å². The number of hydrogen-bond acceptors (Lipinski definition) is 5. The van der Waals surface area contributed by atoms with Gasteiger partial charge in [0.2, 0.25) is 0 Å². The van der Waals surface area contributed by atoms with Crippen molar-refractivity contribution in [3.8, 4) is 0 Å². The maximum Gasteiger partial charge on any atom is 0.0594 e. The molecule has 2 rings (SSSR count). The van der Waals surface area contributed by atoms with Crippen LogP contribution in [0.1, 0.15) is 25.3 Å². The fourth-order valence-corrected chi connectivity index (χ4v) is 3.02. The Hall–Kier alpha value is -0.750. The van der Waals surface area contributed by atoms with Crippen LogP contribution in [0.5, 0.6) is 0 Å². The highest BCUT2D eigenvalue weighted by Gasteiger charge is 2.13. The van der Waals surface area contributed by atoms with E-state index in [-0.39, 0.29) is 0 Å². The lowest BCUT2D eigenvalue weighted by Gasteiger charge is -2.29. The molecule has 3 N–H and O–H groups in total. The zero-order valence-electron chi connectivity index (χ0n) is 13.1. The first kappa shape index (κ1) is 16.6. The van der Waals surface area contributed by atoms with Crippen LogP contribution in [0.25, 0.3) is 0 Å². The number of hydrogen-bond donors (Lipinski definition) is 2. The molecule has 0 radical (unpaired) electrons. The van der Waals surface area contributed by atoms with Gasteiger partial charge in [-0.05, 0) is 55.5 Å². The Morgan fingerprint density at radius 3 is 2.76 bits per heavy atom. The molecule has 1 aromatic carbocycles. The van der Waals surface area contributed by atoms with E-state index in [1.165, 1.54) is 29.6 Å². The molecule has 0 spiro atoms. The van der Waals surface area contributed by atoms with E-state index in [9.17, 15) is 0 Å². The zero-order chi connectivity index (χ0) is 15.1. The van der Waals surface area contributed by atoms with Gasteiger partial charge in [-0.2, -0.15) is 0 Å². The molecule has 118 valence electrons. The van der Waals surface area contributed by atoms with Crippen molar-refractivity contribution >= 4 is 17.6 Å². The average Bonchev–Trinajstić information content (AvgIpc) is 2.53. The number of benzene rings is 1. The third kappa shape index (κ3) is 5.18. The molecular formula is C16H27N3OS. The van der Waals surface area contributed by atoms with Gasteiger partial charge in [-0.3, -0.25) is 10.0 Å². The number of nitrogens with one attached hydrogen (secondary N) is 1. The molecule has 1 heterocycles. The van der Waals surface area contributed by atoms with Gasteiger partial charge in [0.1, 0.15) is 0 Å². The number of nitrogens with two attached hydrogens (primary N) is 1. The Balaban J connectivity index is 1.86. The van der Waals surface area contributed by atoms with Crippen LogP contribution in [-0.4, -0.2) is 43.8 Å². The number of ether oxygens (including phenoxy) is 1. The van der Waals surface area contributed by atoms with E-state index in [0.717, 1.165) is 44.2 Å². The van der Waals surface area contributed by atoms with Crippen molar-refractivity contribution in [2.45, 2.75) is 37.6 Å². The van der Waals surface area contributed by atoms with E-state index < -0.39 is 0 Å². The Bertz CT molecular complexity index is 436. The highest BCUT2D eigenvalue weighted by molar-refractivity contribution is 7.97. The van der Waals surface area contributed by atoms with Gasteiger partial charge < -0.3 is 10.1 Å². The van der Waals surface area contributed by atoms with Crippen LogP contribution in [0.15, 0.2) is 23.1 Å². The molecule has 21 heavy (non-hydrogen) atoms. The molecule has 0 unspecified atom stereocenters. The fourth-order valence-electron chi connectivity index (χ4n) is 2.63. The molecule has 0 aliphatic carbocycles. The summed E-state index contributed by atoms with van der Waals surface area (Å²) >= 11 is 1.30. The van der Waals surface area contributed by atoms with E-state index in [1.54, 1.807) is 0 Å². The van der Waals surface area contributed by atoms with Crippen LogP contribution in [-0.2, 0) is 4.74 Å². The Labute approximate surface area is 132 Å². The normalized spacial score (nSPS) is 17.7.